The van der Waals surface area contributed by atoms with Gasteiger partial charge in [0.05, 0.1) is 6.54 Å². The van der Waals surface area contributed by atoms with Crippen LogP contribution >= 0.6 is 0 Å². The van der Waals surface area contributed by atoms with Gasteiger partial charge in [-0.2, -0.15) is 0 Å². The molecular weight excluding hydrogens is 298 g/mol. The second kappa shape index (κ2) is 5.76. The zero-order chi connectivity index (χ0) is 16.7. The summed E-state index contributed by atoms with van der Waals surface area (Å²) in [6.45, 7) is 6.49. The number of hydrogen-bond donors (Lipinski definition) is 1. The minimum Gasteiger partial charge on any atom is -0.459 e. The van der Waals surface area contributed by atoms with Gasteiger partial charge in [-0.25, -0.2) is 0 Å². The number of hydrogen-bond acceptors (Lipinski definition) is 3. The van der Waals surface area contributed by atoms with Crippen LogP contribution in [-0.4, -0.2) is 23.1 Å². The predicted molar refractivity (Wildman–Crippen MR) is 95.9 cm³/mol. The molecule has 1 atom stereocenters. The summed E-state index contributed by atoms with van der Waals surface area (Å²) < 4.78 is 6.07. The van der Waals surface area contributed by atoms with Crippen LogP contribution < -0.4 is 0 Å². The number of β-amino-alcohol motifs (C(OH)–C–C–N with tert-alkyl or cyclic N) is 1. The van der Waals surface area contributed by atoms with E-state index < -0.39 is 5.60 Å². The average Bonchev–Trinajstić information content (AvgIpc) is 3.11. The van der Waals surface area contributed by atoms with Gasteiger partial charge >= 0.3 is 0 Å². The zero-order valence-corrected chi connectivity index (χ0v) is 14.2. The van der Waals surface area contributed by atoms with Gasteiger partial charge in [0, 0.05) is 18.5 Å². The quantitative estimate of drug-likeness (QED) is 0.787. The Hall–Kier alpha value is -2.10. The van der Waals surface area contributed by atoms with Crippen LogP contribution in [0.4, 0.5) is 0 Å². The fraction of sp³-hybridized carbons (Fsp3) is 0.333. The van der Waals surface area contributed by atoms with Crippen LogP contribution in [-0.2, 0) is 12.1 Å². The summed E-state index contributed by atoms with van der Waals surface area (Å²) in [7, 11) is 0. The molecule has 1 saturated heterocycles. The second-order valence-corrected chi connectivity index (χ2v) is 7.01. The van der Waals surface area contributed by atoms with Crippen LogP contribution in [0.15, 0.2) is 52.9 Å². The molecule has 2 aromatic carbocycles. The first-order valence-electron chi connectivity index (χ1n) is 8.54. The van der Waals surface area contributed by atoms with E-state index in [4.69, 9.17) is 4.42 Å². The van der Waals surface area contributed by atoms with Crippen LogP contribution in [0.5, 0.6) is 0 Å². The molecule has 0 amide bonds. The Labute approximate surface area is 142 Å². The molecule has 1 aliphatic rings. The number of furan rings is 1. The monoisotopic (exact) mass is 321 g/mol. The van der Waals surface area contributed by atoms with Gasteiger partial charge in [0.25, 0.3) is 0 Å². The van der Waals surface area contributed by atoms with Crippen molar-refractivity contribution in [2.24, 2.45) is 0 Å². The zero-order valence-electron chi connectivity index (χ0n) is 14.2. The molecule has 2 heterocycles. The third kappa shape index (κ3) is 2.64. The number of benzene rings is 2. The maximum absolute atomic E-state index is 11.0. The Morgan fingerprint density at radius 2 is 1.92 bits per heavy atom. The average molecular weight is 321 g/mol. The lowest BCUT2D eigenvalue weighted by Crippen LogP contribution is -2.30. The molecule has 3 aromatic rings. The maximum atomic E-state index is 11.0. The van der Waals surface area contributed by atoms with Crippen LogP contribution in [0.25, 0.3) is 11.0 Å². The summed E-state index contributed by atoms with van der Waals surface area (Å²) in [4.78, 5) is 2.28. The molecule has 1 N–H and O–H groups in total. The largest absolute Gasteiger partial charge is 0.459 e. The molecule has 4 rings (SSSR count). The van der Waals surface area contributed by atoms with E-state index in [1.807, 2.05) is 36.4 Å². The van der Waals surface area contributed by atoms with Crippen molar-refractivity contribution >= 4 is 11.0 Å². The van der Waals surface area contributed by atoms with E-state index in [-0.39, 0.29) is 0 Å². The van der Waals surface area contributed by atoms with Gasteiger partial charge in [0.15, 0.2) is 0 Å². The molecule has 124 valence electrons. The summed E-state index contributed by atoms with van der Waals surface area (Å²) in [6, 6.07) is 16.3. The second-order valence-electron chi connectivity index (χ2n) is 7.01. The molecule has 1 aliphatic heterocycles. The number of nitrogens with zero attached hydrogens (tertiary/aromatic N) is 1. The Kier molecular flexibility index (Phi) is 3.70. The fourth-order valence-electron chi connectivity index (χ4n) is 3.73. The molecule has 3 nitrogen and oxygen atoms in total. The van der Waals surface area contributed by atoms with E-state index in [2.05, 4.69) is 30.9 Å². The normalized spacial score (nSPS) is 21.6. The molecule has 0 radical (unpaired) electrons. The Balaban J connectivity index is 1.56. The Bertz CT molecular complexity index is 868. The first-order valence-corrected chi connectivity index (χ1v) is 8.54. The molecule has 0 spiro atoms. The summed E-state index contributed by atoms with van der Waals surface area (Å²) in [5.41, 5.74) is 3.66. The molecule has 1 fully saturated rings. The van der Waals surface area contributed by atoms with E-state index in [0.717, 1.165) is 36.4 Å². The van der Waals surface area contributed by atoms with Crippen LogP contribution in [0.1, 0.15) is 28.9 Å². The highest BCUT2D eigenvalue weighted by atomic mass is 16.3. The Morgan fingerprint density at radius 3 is 2.71 bits per heavy atom. The smallest absolute Gasteiger partial charge is 0.134 e. The predicted octanol–water partition coefficient (Wildman–Crippen LogP) is 4.14. The summed E-state index contributed by atoms with van der Waals surface area (Å²) >= 11 is 0. The highest BCUT2D eigenvalue weighted by molar-refractivity contribution is 5.82. The SMILES string of the molecule is Cc1ccc2oc(CN3CCC(O)(c4ccccc4)C3)c(C)c2c1. The lowest BCUT2D eigenvalue weighted by atomic mass is 9.93. The van der Waals surface area contributed by atoms with Crippen molar-refractivity contribution in [2.75, 3.05) is 13.1 Å². The molecule has 0 saturated carbocycles. The van der Waals surface area contributed by atoms with Crippen LogP contribution in [0.3, 0.4) is 0 Å². The van der Waals surface area contributed by atoms with Gasteiger partial charge < -0.3 is 9.52 Å². The highest BCUT2D eigenvalue weighted by Gasteiger charge is 2.37. The van der Waals surface area contributed by atoms with Gasteiger partial charge in [0.1, 0.15) is 16.9 Å². The van der Waals surface area contributed by atoms with E-state index >= 15 is 0 Å². The molecule has 1 aromatic heterocycles. The van der Waals surface area contributed by atoms with Crippen molar-refractivity contribution in [3.05, 3.63) is 71.0 Å². The van der Waals surface area contributed by atoms with Crippen LogP contribution in [0.2, 0.25) is 0 Å². The molecular formula is C21H23NO2. The van der Waals surface area contributed by atoms with Crippen molar-refractivity contribution in [1.29, 1.82) is 0 Å². The molecule has 3 heteroatoms. The van der Waals surface area contributed by atoms with Crippen LogP contribution in [0, 0.1) is 13.8 Å². The minimum absolute atomic E-state index is 0.645. The minimum atomic E-state index is -0.752. The fourth-order valence-corrected chi connectivity index (χ4v) is 3.73. The summed E-state index contributed by atoms with van der Waals surface area (Å²) in [5, 5.41) is 12.2. The van der Waals surface area contributed by atoms with Gasteiger partial charge in [0.2, 0.25) is 0 Å². The van der Waals surface area contributed by atoms with E-state index in [1.54, 1.807) is 0 Å². The molecule has 1 unspecified atom stereocenters. The van der Waals surface area contributed by atoms with Crippen molar-refractivity contribution in [1.82, 2.24) is 4.90 Å². The number of rotatable bonds is 3. The highest BCUT2D eigenvalue weighted by Crippen LogP contribution is 2.34. The van der Waals surface area contributed by atoms with Gasteiger partial charge in [-0.1, -0.05) is 42.0 Å². The summed E-state index contributed by atoms with van der Waals surface area (Å²) in [5.74, 6) is 1.01. The standard InChI is InChI=1S/C21H23NO2/c1-15-8-9-19-18(12-15)16(2)20(24-19)13-22-11-10-21(23,14-22)17-6-4-3-5-7-17/h3-9,12,23H,10-11,13-14H2,1-2H3. The summed E-state index contributed by atoms with van der Waals surface area (Å²) in [6.07, 6.45) is 0.759. The van der Waals surface area contributed by atoms with Crippen molar-refractivity contribution in [3.8, 4) is 0 Å². The lowest BCUT2D eigenvalue weighted by Gasteiger charge is -2.23. The number of aryl methyl sites for hydroxylation is 2. The van der Waals surface area contributed by atoms with E-state index in [0.29, 0.717) is 6.54 Å². The van der Waals surface area contributed by atoms with Gasteiger partial charge in [-0.15, -0.1) is 0 Å². The number of aliphatic hydroxyl groups is 1. The first-order chi connectivity index (χ1) is 11.5. The third-order valence-electron chi connectivity index (χ3n) is 5.20. The first kappa shape index (κ1) is 15.4. The lowest BCUT2D eigenvalue weighted by molar-refractivity contribution is 0.0446. The third-order valence-corrected chi connectivity index (χ3v) is 5.20. The molecule has 0 bridgehead atoms. The van der Waals surface area contributed by atoms with Gasteiger partial charge in [-0.05, 0) is 43.5 Å². The van der Waals surface area contributed by atoms with E-state index in [1.165, 1.54) is 16.5 Å². The van der Waals surface area contributed by atoms with Crippen molar-refractivity contribution in [2.45, 2.75) is 32.4 Å². The van der Waals surface area contributed by atoms with Gasteiger partial charge in [-0.3, -0.25) is 4.90 Å². The van der Waals surface area contributed by atoms with Crippen molar-refractivity contribution in [3.63, 3.8) is 0 Å². The van der Waals surface area contributed by atoms with E-state index in [9.17, 15) is 5.11 Å². The maximum Gasteiger partial charge on any atom is 0.134 e. The number of fused-ring (bicyclic) bond motifs is 1. The molecule has 0 aliphatic carbocycles. The van der Waals surface area contributed by atoms with Crippen molar-refractivity contribution < 1.29 is 9.52 Å². The topological polar surface area (TPSA) is 36.6 Å². The molecule has 24 heavy (non-hydrogen) atoms. The number of likely N-dealkylation sites (tertiary alicyclic amines) is 1. The Morgan fingerprint density at radius 1 is 1.12 bits per heavy atom.